The van der Waals surface area contributed by atoms with Crippen LogP contribution >= 0.6 is 0 Å². The summed E-state index contributed by atoms with van der Waals surface area (Å²) in [6, 6.07) is 12.8. The molecule has 3 rings (SSSR count). The van der Waals surface area contributed by atoms with Crippen molar-refractivity contribution in [3.8, 4) is 5.75 Å². The van der Waals surface area contributed by atoms with Gasteiger partial charge in [0.1, 0.15) is 18.1 Å². The number of amides is 1. The number of rotatable bonds is 8. The van der Waals surface area contributed by atoms with E-state index < -0.39 is 0 Å². The molecule has 1 amide bonds. The fourth-order valence-corrected chi connectivity index (χ4v) is 2.98. The van der Waals surface area contributed by atoms with E-state index in [1.807, 2.05) is 35.2 Å². The van der Waals surface area contributed by atoms with E-state index in [1.54, 1.807) is 0 Å². The van der Waals surface area contributed by atoms with Gasteiger partial charge < -0.3 is 9.64 Å². The largest absolute Gasteiger partial charge is 0.492 e. The summed E-state index contributed by atoms with van der Waals surface area (Å²) in [5.74, 6) is 1.000. The van der Waals surface area contributed by atoms with Crippen molar-refractivity contribution < 1.29 is 9.53 Å². The van der Waals surface area contributed by atoms with Crippen molar-refractivity contribution in [2.75, 3.05) is 6.61 Å². The maximum absolute atomic E-state index is 13.0. The highest BCUT2D eigenvalue weighted by Crippen LogP contribution is 2.31. The minimum Gasteiger partial charge on any atom is -0.492 e. The van der Waals surface area contributed by atoms with Crippen LogP contribution in [0, 0.1) is 5.92 Å². The third kappa shape index (κ3) is 4.76. The van der Waals surface area contributed by atoms with E-state index in [4.69, 9.17) is 4.74 Å². The third-order valence-electron chi connectivity index (χ3n) is 4.98. The minimum absolute atomic E-state index is 0.101. The highest BCUT2D eigenvalue weighted by molar-refractivity contribution is 5.92. The van der Waals surface area contributed by atoms with Crippen LogP contribution in [0.5, 0.6) is 5.75 Å². The van der Waals surface area contributed by atoms with Crippen molar-refractivity contribution in [2.24, 2.45) is 5.92 Å². The maximum atomic E-state index is 13.0. The number of carbonyl (C=O) groups is 1. The molecule has 0 N–H and O–H groups in total. The number of aromatic nitrogens is 2. The van der Waals surface area contributed by atoms with Crippen molar-refractivity contribution in [2.45, 2.75) is 52.2 Å². The first kappa shape index (κ1) is 19.1. The SMILES string of the molecule is CC(C)C(C)N(C(=O)c1ccc(=O)n(CCOc2ccccc2)n1)C1CC1. The van der Waals surface area contributed by atoms with Crippen LogP contribution in [-0.2, 0) is 6.54 Å². The summed E-state index contributed by atoms with van der Waals surface area (Å²) >= 11 is 0. The molecule has 2 aromatic rings. The zero-order chi connectivity index (χ0) is 19.4. The van der Waals surface area contributed by atoms with Gasteiger partial charge in [-0.15, -0.1) is 0 Å². The summed E-state index contributed by atoms with van der Waals surface area (Å²) in [7, 11) is 0. The Bertz CT molecular complexity index is 828. The average Bonchev–Trinajstić information content (AvgIpc) is 3.49. The lowest BCUT2D eigenvalue weighted by atomic mass is 10.0. The molecule has 1 heterocycles. The summed E-state index contributed by atoms with van der Waals surface area (Å²) in [5.41, 5.74) is 0.0757. The summed E-state index contributed by atoms with van der Waals surface area (Å²) in [6.45, 7) is 6.90. The average molecular weight is 369 g/mol. The van der Waals surface area contributed by atoms with Gasteiger partial charge in [0.05, 0.1) is 6.54 Å². The maximum Gasteiger partial charge on any atom is 0.274 e. The summed E-state index contributed by atoms with van der Waals surface area (Å²) < 4.78 is 6.94. The summed E-state index contributed by atoms with van der Waals surface area (Å²) in [4.78, 5) is 27.1. The van der Waals surface area contributed by atoms with E-state index in [-0.39, 0.29) is 24.1 Å². The molecular formula is C21H27N3O3. The molecule has 1 aliphatic rings. The first-order chi connectivity index (χ1) is 13.0. The van der Waals surface area contributed by atoms with E-state index in [0.717, 1.165) is 18.6 Å². The molecule has 6 heteroatoms. The Morgan fingerprint density at radius 2 is 1.89 bits per heavy atom. The molecule has 1 saturated carbocycles. The van der Waals surface area contributed by atoms with E-state index >= 15 is 0 Å². The number of carbonyl (C=O) groups excluding carboxylic acids is 1. The molecular weight excluding hydrogens is 342 g/mol. The van der Waals surface area contributed by atoms with Crippen LogP contribution < -0.4 is 10.3 Å². The lowest BCUT2D eigenvalue weighted by molar-refractivity contribution is 0.0618. The highest BCUT2D eigenvalue weighted by Gasteiger charge is 2.37. The molecule has 6 nitrogen and oxygen atoms in total. The number of hydrogen-bond donors (Lipinski definition) is 0. The van der Waals surface area contributed by atoms with E-state index in [9.17, 15) is 9.59 Å². The quantitative estimate of drug-likeness (QED) is 0.718. The smallest absolute Gasteiger partial charge is 0.274 e. The van der Waals surface area contributed by atoms with Crippen molar-refractivity contribution >= 4 is 5.91 Å². The van der Waals surface area contributed by atoms with Crippen LogP contribution in [0.2, 0.25) is 0 Å². The Morgan fingerprint density at radius 3 is 2.52 bits per heavy atom. The van der Waals surface area contributed by atoms with Gasteiger partial charge in [0.2, 0.25) is 0 Å². The molecule has 1 atom stereocenters. The molecule has 1 aromatic carbocycles. The second kappa shape index (κ2) is 8.37. The fraction of sp³-hybridized carbons (Fsp3) is 0.476. The molecule has 1 unspecified atom stereocenters. The van der Waals surface area contributed by atoms with Gasteiger partial charge in [0, 0.05) is 18.2 Å². The van der Waals surface area contributed by atoms with Gasteiger partial charge in [-0.1, -0.05) is 32.0 Å². The molecule has 27 heavy (non-hydrogen) atoms. The Labute approximate surface area is 159 Å². The van der Waals surface area contributed by atoms with Gasteiger partial charge in [-0.2, -0.15) is 5.10 Å². The zero-order valence-corrected chi connectivity index (χ0v) is 16.2. The van der Waals surface area contributed by atoms with Gasteiger partial charge >= 0.3 is 0 Å². The van der Waals surface area contributed by atoms with E-state index in [1.165, 1.54) is 16.8 Å². The molecule has 0 spiro atoms. The monoisotopic (exact) mass is 369 g/mol. The second-order valence-corrected chi connectivity index (χ2v) is 7.37. The van der Waals surface area contributed by atoms with Crippen molar-refractivity contribution in [3.63, 3.8) is 0 Å². The Balaban J connectivity index is 1.72. The van der Waals surface area contributed by atoms with E-state index in [2.05, 4.69) is 25.9 Å². The normalized spacial score (nSPS) is 14.8. The van der Waals surface area contributed by atoms with Crippen molar-refractivity contribution in [3.05, 3.63) is 58.5 Å². The van der Waals surface area contributed by atoms with Crippen LogP contribution in [-0.4, -0.2) is 39.3 Å². The molecule has 1 aliphatic carbocycles. The third-order valence-corrected chi connectivity index (χ3v) is 4.98. The van der Waals surface area contributed by atoms with Crippen molar-refractivity contribution in [1.82, 2.24) is 14.7 Å². The van der Waals surface area contributed by atoms with Crippen LogP contribution in [0.25, 0.3) is 0 Å². The first-order valence-corrected chi connectivity index (χ1v) is 9.56. The fourth-order valence-electron chi connectivity index (χ4n) is 2.98. The standard InChI is InChI=1S/C21H27N3O3/c1-15(2)16(3)24(17-9-10-17)21(26)19-11-12-20(25)23(22-19)13-14-27-18-7-5-4-6-8-18/h4-8,11-12,15-17H,9-10,13-14H2,1-3H3. The number of ether oxygens (including phenoxy) is 1. The second-order valence-electron chi connectivity index (χ2n) is 7.37. The molecule has 1 aromatic heterocycles. The number of hydrogen-bond acceptors (Lipinski definition) is 4. The Morgan fingerprint density at radius 1 is 1.19 bits per heavy atom. The summed E-state index contributed by atoms with van der Waals surface area (Å²) in [6.07, 6.45) is 2.07. The lowest BCUT2D eigenvalue weighted by Gasteiger charge is -2.31. The predicted octanol–water partition coefficient (Wildman–Crippen LogP) is 2.97. The predicted molar refractivity (Wildman–Crippen MR) is 104 cm³/mol. The summed E-state index contributed by atoms with van der Waals surface area (Å²) in [5, 5.41) is 4.31. The Hall–Kier alpha value is -2.63. The van der Waals surface area contributed by atoms with Crippen molar-refractivity contribution in [1.29, 1.82) is 0 Å². The van der Waals surface area contributed by atoms with E-state index in [0.29, 0.717) is 24.3 Å². The van der Waals surface area contributed by atoms with Crippen LogP contribution in [0.15, 0.2) is 47.3 Å². The Kier molecular flexibility index (Phi) is 5.94. The molecule has 0 aliphatic heterocycles. The van der Waals surface area contributed by atoms with Crippen LogP contribution in [0.3, 0.4) is 0 Å². The molecule has 0 radical (unpaired) electrons. The topological polar surface area (TPSA) is 64.4 Å². The molecule has 144 valence electrons. The van der Waals surface area contributed by atoms with Gasteiger partial charge in [-0.05, 0) is 43.9 Å². The van der Waals surface area contributed by atoms with Gasteiger partial charge in [-0.3, -0.25) is 9.59 Å². The number of nitrogens with zero attached hydrogens (tertiary/aromatic N) is 3. The lowest BCUT2D eigenvalue weighted by Crippen LogP contribution is -2.44. The van der Waals surface area contributed by atoms with Gasteiger partial charge in [0.25, 0.3) is 11.5 Å². The van der Waals surface area contributed by atoms with Gasteiger partial charge in [0.15, 0.2) is 0 Å². The number of benzene rings is 1. The first-order valence-electron chi connectivity index (χ1n) is 9.56. The minimum atomic E-state index is -0.238. The van der Waals surface area contributed by atoms with Crippen LogP contribution in [0.4, 0.5) is 0 Å². The zero-order valence-electron chi connectivity index (χ0n) is 16.2. The highest BCUT2D eigenvalue weighted by atomic mass is 16.5. The molecule has 1 fully saturated rings. The van der Waals surface area contributed by atoms with Gasteiger partial charge in [-0.25, -0.2) is 4.68 Å². The molecule has 0 saturated heterocycles. The number of para-hydroxylation sites is 1. The van der Waals surface area contributed by atoms with Crippen LogP contribution in [0.1, 0.15) is 44.1 Å². The molecule has 0 bridgehead atoms.